The number of carboxylic acids is 2. The molecule has 0 bridgehead atoms. The van der Waals surface area contributed by atoms with Crippen molar-refractivity contribution in [1.82, 2.24) is 4.90 Å². The van der Waals surface area contributed by atoms with E-state index in [4.69, 9.17) is 20.4 Å². The van der Waals surface area contributed by atoms with Crippen LogP contribution >= 0.6 is 0 Å². The lowest BCUT2D eigenvalue weighted by Gasteiger charge is -2.32. The Morgan fingerprint density at radius 3 is 1.91 bits per heavy atom. The molecule has 34 heavy (non-hydrogen) atoms. The summed E-state index contributed by atoms with van der Waals surface area (Å²) in [7, 11) is 0. The Morgan fingerprint density at radius 2 is 1.47 bits per heavy atom. The first kappa shape index (κ1) is 29.1. The van der Waals surface area contributed by atoms with Gasteiger partial charge in [-0.25, -0.2) is 9.59 Å². The third-order valence-corrected chi connectivity index (χ3v) is 5.47. The smallest absolute Gasteiger partial charge is 0.343 e. The Morgan fingerprint density at radius 1 is 0.912 bits per heavy atom. The summed E-state index contributed by atoms with van der Waals surface area (Å²) < 4.78 is 0. The molecule has 2 rings (SSSR count). The van der Waals surface area contributed by atoms with Gasteiger partial charge in [0, 0.05) is 23.6 Å². The largest absolute Gasteiger partial charge is 0.508 e. The highest BCUT2D eigenvalue weighted by Crippen LogP contribution is 2.35. The number of aromatic hydroxyl groups is 1. The molecule has 0 heterocycles. The second-order valence-electron chi connectivity index (χ2n) is 8.67. The summed E-state index contributed by atoms with van der Waals surface area (Å²) in [6, 6.07) is 17.5. The minimum absolute atomic E-state index is 0.214. The van der Waals surface area contributed by atoms with E-state index in [0.29, 0.717) is 17.8 Å². The molecule has 187 valence electrons. The summed E-state index contributed by atoms with van der Waals surface area (Å²) in [6.45, 7) is 12.1. The maximum absolute atomic E-state index is 10.4. The number of phenols is 1. The minimum Gasteiger partial charge on any atom is -0.508 e. The fourth-order valence-corrected chi connectivity index (χ4v) is 3.76. The molecule has 0 saturated carbocycles. The van der Waals surface area contributed by atoms with Gasteiger partial charge >= 0.3 is 11.9 Å². The number of benzene rings is 2. The van der Waals surface area contributed by atoms with Gasteiger partial charge in [-0.2, -0.15) is 0 Å². The molecule has 0 amide bonds. The molecule has 0 aliphatic carbocycles. The highest BCUT2D eigenvalue weighted by atomic mass is 16.4. The van der Waals surface area contributed by atoms with Crippen molar-refractivity contribution in [2.45, 2.75) is 65.1 Å². The normalized spacial score (nSPS) is 13.0. The first-order chi connectivity index (χ1) is 15.9. The Bertz CT molecular complexity index is 889. The van der Waals surface area contributed by atoms with Crippen LogP contribution < -0.4 is 0 Å². The number of aliphatic hydroxyl groups is 2. The van der Waals surface area contributed by atoms with E-state index in [1.165, 1.54) is 11.1 Å². The lowest BCUT2D eigenvalue weighted by Crippen LogP contribution is -2.38. The summed E-state index contributed by atoms with van der Waals surface area (Å²) in [5.74, 6) is -3.05. The maximum Gasteiger partial charge on any atom is 0.343 e. The minimum atomic E-state index is -2.35. The molecule has 2 atom stereocenters. The van der Waals surface area contributed by atoms with Crippen molar-refractivity contribution in [1.29, 1.82) is 0 Å². The number of hydrogen-bond donors (Lipinski definition) is 5. The zero-order chi connectivity index (χ0) is 26.0. The van der Waals surface area contributed by atoms with Gasteiger partial charge in [-0.1, -0.05) is 48.0 Å². The quantitative estimate of drug-likeness (QED) is 0.351. The van der Waals surface area contributed by atoms with Gasteiger partial charge in [0.15, 0.2) is 6.10 Å². The van der Waals surface area contributed by atoms with Gasteiger partial charge in [0.2, 0.25) is 6.10 Å². The average molecular weight is 475 g/mol. The number of aliphatic carboxylic acids is 2. The zero-order valence-electron chi connectivity index (χ0n) is 20.3. The third kappa shape index (κ3) is 8.78. The van der Waals surface area contributed by atoms with E-state index < -0.39 is 24.1 Å². The van der Waals surface area contributed by atoms with E-state index in [2.05, 4.69) is 69.9 Å². The predicted molar refractivity (Wildman–Crippen MR) is 129 cm³/mol. The monoisotopic (exact) mass is 474 g/mol. The third-order valence-electron chi connectivity index (χ3n) is 5.47. The lowest BCUT2D eigenvalue weighted by atomic mass is 9.87. The Hall–Kier alpha value is -2.94. The molecule has 2 aromatic carbocycles. The van der Waals surface area contributed by atoms with Gasteiger partial charge in [-0.3, -0.25) is 4.90 Å². The van der Waals surface area contributed by atoms with Crippen molar-refractivity contribution in [3.63, 3.8) is 0 Å². The van der Waals surface area contributed by atoms with Crippen LogP contribution in [0.1, 0.15) is 56.7 Å². The Kier molecular flexibility index (Phi) is 11.7. The van der Waals surface area contributed by atoms with Gasteiger partial charge in [-0.05, 0) is 59.2 Å². The summed E-state index contributed by atoms with van der Waals surface area (Å²) in [5, 5.41) is 42.8. The molecule has 0 unspecified atom stereocenters. The first-order valence-corrected chi connectivity index (χ1v) is 11.2. The summed E-state index contributed by atoms with van der Waals surface area (Å²) >= 11 is 0. The summed E-state index contributed by atoms with van der Waals surface area (Å²) in [6.07, 6.45) is -2.85. The number of carbonyl (C=O) groups is 2. The molecule has 0 aliphatic heterocycles. The topological polar surface area (TPSA) is 139 Å². The SMILES string of the molecule is Cc1ccc(O)c([C@@H](CCN(C(C)C)C(C)C)c2ccccc2)c1.O=C(O)[C](O)[C@H](O)C(=O)O. The van der Waals surface area contributed by atoms with Crippen molar-refractivity contribution < 1.29 is 35.1 Å². The fraction of sp³-hybridized carbons (Fsp3) is 0.423. The molecule has 0 spiro atoms. The molecule has 1 radical (unpaired) electrons. The molecular formula is C26H36NO7. The van der Waals surface area contributed by atoms with Crippen LogP contribution in [-0.4, -0.2) is 67.1 Å². The predicted octanol–water partition coefficient (Wildman–Crippen LogP) is 3.76. The van der Waals surface area contributed by atoms with Gasteiger partial charge in [0.25, 0.3) is 0 Å². The van der Waals surface area contributed by atoms with Crippen LogP contribution in [0.2, 0.25) is 0 Å². The van der Waals surface area contributed by atoms with Crippen molar-refractivity contribution in [2.75, 3.05) is 6.54 Å². The molecule has 0 aromatic heterocycles. The van der Waals surface area contributed by atoms with E-state index >= 15 is 0 Å². The molecule has 8 heteroatoms. The van der Waals surface area contributed by atoms with Crippen molar-refractivity contribution in [2.24, 2.45) is 0 Å². The first-order valence-electron chi connectivity index (χ1n) is 11.2. The van der Waals surface area contributed by atoms with Crippen LogP contribution in [-0.2, 0) is 9.59 Å². The molecule has 0 aliphatic rings. The van der Waals surface area contributed by atoms with Crippen LogP contribution in [0.15, 0.2) is 48.5 Å². The Labute approximate surface area is 201 Å². The van der Waals surface area contributed by atoms with Gasteiger partial charge in [0.05, 0.1) is 0 Å². The van der Waals surface area contributed by atoms with Crippen LogP contribution in [0, 0.1) is 13.0 Å². The number of aliphatic hydroxyl groups excluding tert-OH is 2. The van der Waals surface area contributed by atoms with Crippen molar-refractivity contribution in [3.8, 4) is 5.75 Å². The molecule has 8 nitrogen and oxygen atoms in total. The number of hydrogen-bond acceptors (Lipinski definition) is 6. The zero-order valence-corrected chi connectivity index (χ0v) is 20.3. The second kappa shape index (κ2) is 13.7. The van der Waals surface area contributed by atoms with Crippen LogP contribution in [0.5, 0.6) is 5.75 Å². The van der Waals surface area contributed by atoms with Crippen LogP contribution in [0.3, 0.4) is 0 Å². The number of carboxylic acid groups (broad SMARTS) is 2. The summed E-state index contributed by atoms with van der Waals surface area (Å²) in [4.78, 5) is 22.0. The van der Waals surface area contributed by atoms with Crippen LogP contribution in [0.4, 0.5) is 0 Å². The number of aryl methyl sites for hydroxylation is 1. The fourth-order valence-electron chi connectivity index (χ4n) is 3.76. The van der Waals surface area contributed by atoms with E-state index in [9.17, 15) is 14.7 Å². The highest BCUT2D eigenvalue weighted by Gasteiger charge is 2.31. The second-order valence-corrected chi connectivity index (χ2v) is 8.67. The molecule has 0 fully saturated rings. The molecule has 5 N–H and O–H groups in total. The number of nitrogens with zero attached hydrogens (tertiary/aromatic N) is 1. The lowest BCUT2D eigenvalue weighted by molar-refractivity contribution is -0.156. The molecule has 0 saturated heterocycles. The average Bonchev–Trinajstić information content (AvgIpc) is 2.78. The molecule has 2 aromatic rings. The van der Waals surface area contributed by atoms with Gasteiger partial charge in [0.1, 0.15) is 5.75 Å². The van der Waals surface area contributed by atoms with E-state index in [0.717, 1.165) is 18.5 Å². The van der Waals surface area contributed by atoms with Gasteiger partial charge < -0.3 is 25.5 Å². The van der Waals surface area contributed by atoms with E-state index in [1.54, 1.807) is 0 Å². The van der Waals surface area contributed by atoms with Crippen molar-refractivity contribution >= 4 is 11.9 Å². The number of rotatable bonds is 10. The highest BCUT2D eigenvalue weighted by molar-refractivity contribution is 5.89. The van der Waals surface area contributed by atoms with E-state index in [-0.39, 0.29) is 5.92 Å². The Balaban J connectivity index is 0.000000489. The van der Waals surface area contributed by atoms with Crippen LogP contribution in [0.25, 0.3) is 0 Å². The molecular weight excluding hydrogens is 438 g/mol. The number of phenolic OH excluding ortho intramolecular Hbond substituents is 1. The maximum atomic E-state index is 10.4. The van der Waals surface area contributed by atoms with Gasteiger partial charge in [-0.15, -0.1) is 0 Å². The summed E-state index contributed by atoms with van der Waals surface area (Å²) in [5.41, 5.74) is 3.49. The standard InChI is InChI=1S/C22H31NO.C4H5O6/c1-16(2)23(17(3)4)14-13-20(19-9-7-6-8-10-19)21-15-18(5)11-12-22(21)24;5-1(3(7)8)2(6)4(9)10/h6-12,15-17,20,24H,13-14H2,1-5H3;1,5-6H,(H,7,8)(H,9,10)/t20-;1-/m00/s1. The van der Waals surface area contributed by atoms with Crippen molar-refractivity contribution in [3.05, 3.63) is 71.3 Å². The van der Waals surface area contributed by atoms with E-state index in [1.807, 2.05) is 18.2 Å².